The lowest BCUT2D eigenvalue weighted by Crippen LogP contribution is -2.44. The number of carbonyl (C=O) groups excluding carboxylic acids is 1. The van der Waals surface area contributed by atoms with Crippen molar-refractivity contribution in [1.82, 2.24) is 19.5 Å². The van der Waals surface area contributed by atoms with Crippen molar-refractivity contribution in [2.24, 2.45) is 0 Å². The Morgan fingerprint density at radius 1 is 1.31 bits per heavy atom. The third kappa shape index (κ3) is 6.61. The first-order chi connectivity index (χ1) is 20.1. The summed E-state index contributed by atoms with van der Waals surface area (Å²) in [5.41, 5.74) is -0.675. The highest BCUT2D eigenvalue weighted by atomic mass is 35.5. The van der Waals surface area contributed by atoms with Gasteiger partial charge in [0.1, 0.15) is 24.1 Å². The fourth-order valence-corrected chi connectivity index (χ4v) is 6.41. The summed E-state index contributed by atoms with van der Waals surface area (Å²) in [5.74, 6) is 0.108. The van der Waals surface area contributed by atoms with Crippen LogP contribution in [-0.4, -0.2) is 73.5 Å². The van der Waals surface area contributed by atoms with E-state index in [1.54, 1.807) is 24.3 Å². The topological polar surface area (TPSA) is 176 Å². The number of anilines is 1. The minimum absolute atomic E-state index is 0.108. The Bertz CT molecular complexity index is 1460. The van der Waals surface area contributed by atoms with E-state index >= 15 is 0 Å². The number of carbonyl (C=O) groups is 1. The molecule has 0 bridgehead atoms. The monoisotopic (exact) mass is 625 g/mol. The Morgan fingerprint density at radius 3 is 2.93 bits per heavy atom. The number of halogens is 1. The van der Waals surface area contributed by atoms with Gasteiger partial charge in [0.15, 0.2) is 23.2 Å². The number of phosphoric acid groups is 1. The molecule has 1 unspecified atom stereocenters. The molecular weight excluding hydrogens is 593 g/mol. The second-order valence-electron chi connectivity index (χ2n) is 10.2. The molecule has 6 atom stereocenters. The van der Waals surface area contributed by atoms with Crippen molar-refractivity contribution in [3.8, 4) is 0 Å². The molecule has 228 valence electrons. The highest BCUT2D eigenvalue weighted by molar-refractivity contribution is 7.48. The number of aliphatic hydroxyl groups excluding tert-OH is 1. The minimum atomic E-state index is -4.03. The molecule has 0 aliphatic carbocycles. The summed E-state index contributed by atoms with van der Waals surface area (Å²) in [6.07, 6.45) is 0.672. The lowest BCUT2D eigenvalue weighted by molar-refractivity contribution is -0.0953. The molecule has 5 rings (SSSR count). The van der Waals surface area contributed by atoms with Crippen molar-refractivity contribution >= 4 is 42.5 Å². The zero-order valence-corrected chi connectivity index (χ0v) is 24.7. The average Bonchev–Trinajstić information content (AvgIpc) is 3.48. The number of phosphoric ester groups is 1. The molecule has 16 heteroatoms. The van der Waals surface area contributed by atoms with Crippen LogP contribution >= 0.6 is 19.4 Å². The number of nitrogens with one attached hydrogen (secondary N) is 1. The number of ether oxygens (including phenoxy) is 2. The first kappa shape index (κ1) is 30.8. The second-order valence-corrected chi connectivity index (χ2v) is 12.3. The number of unbranched alkanes of at least 4 members (excludes halogenated alkanes) is 2. The quantitative estimate of drug-likeness (QED) is 0.212. The minimum Gasteiger partial charge on any atom is -0.449 e. The van der Waals surface area contributed by atoms with E-state index in [-0.39, 0.29) is 30.2 Å². The molecule has 3 aromatic rings. The number of fused-ring (bicyclic) bond motifs is 1. The first-order valence-electron chi connectivity index (χ1n) is 13.6. The third-order valence-electron chi connectivity index (χ3n) is 7.07. The van der Waals surface area contributed by atoms with Gasteiger partial charge in [-0.05, 0) is 31.0 Å². The molecule has 2 saturated heterocycles. The van der Waals surface area contributed by atoms with Crippen LogP contribution in [0.4, 0.5) is 10.6 Å². The van der Waals surface area contributed by atoms with Gasteiger partial charge >= 0.3 is 13.9 Å². The smallest absolute Gasteiger partial charge is 0.449 e. The molecule has 0 spiro atoms. The number of benzene rings is 1. The molecule has 2 aliphatic heterocycles. The Morgan fingerprint density at radius 2 is 2.14 bits per heavy atom. The number of hydrogen-bond acceptors (Lipinski definition) is 12. The zero-order chi connectivity index (χ0) is 29.9. The predicted molar refractivity (Wildman–Crippen MR) is 150 cm³/mol. The van der Waals surface area contributed by atoms with Gasteiger partial charge in [0.05, 0.1) is 32.3 Å². The Labute approximate surface area is 246 Å². The van der Waals surface area contributed by atoms with Crippen LogP contribution in [0.5, 0.6) is 0 Å². The lowest BCUT2D eigenvalue weighted by atomic mass is 9.96. The van der Waals surface area contributed by atoms with Gasteiger partial charge in [-0.3, -0.25) is 23.5 Å². The van der Waals surface area contributed by atoms with Gasteiger partial charge < -0.3 is 19.7 Å². The van der Waals surface area contributed by atoms with E-state index in [1.807, 2.05) is 6.92 Å². The fourth-order valence-electron chi connectivity index (χ4n) is 4.82. The highest BCUT2D eigenvalue weighted by Gasteiger charge is 2.54. The molecule has 14 nitrogen and oxygen atoms in total. The molecule has 4 heterocycles. The van der Waals surface area contributed by atoms with Crippen molar-refractivity contribution in [2.75, 3.05) is 25.1 Å². The van der Waals surface area contributed by atoms with Gasteiger partial charge in [-0.2, -0.15) is 0 Å². The van der Waals surface area contributed by atoms with Gasteiger partial charge in [-0.25, -0.2) is 24.3 Å². The van der Waals surface area contributed by atoms with E-state index in [4.69, 9.17) is 34.6 Å². The number of hydrogen-bond donors (Lipinski definition) is 3. The standard InChI is InChI=1S/C26H33ClN5O9P/c1-3-4-5-10-37-25(34)31-22-20-23(29-14-28-22)32(15-30-20)24-26(2,35)21(33)19(40-24)13-39-42(36)38-11-9-18(41-42)16-7-6-8-17(27)12-16/h6-8,12,14-15,18-19,21,24,33,35H,3-5,9-11,13H2,1-2H3,(H,28,29,31,34)/t18-,19+,21+,24+,26+,42?/m0/s1. The van der Waals surface area contributed by atoms with Crippen molar-refractivity contribution < 1.29 is 42.6 Å². The van der Waals surface area contributed by atoms with Gasteiger partial charge in [0.2, 0.25) is 0 Å². The Balaban J connectivity index is 1.26. The van der Waals surface area contributed by atoms with Gasteiger partial charge in [-0.15, -0.1) is 0 Å². The third-order valence-corrected chi connectivity index (χ3v) is 8.78. The van der Waals surface area contributed by atoms with E-state index in [2.05, 4.69) is 20.3 Å². The van der Waals surface area contributed by atoms with Gasteiger partial charge in [0.25, 0.3) is 0 Å². The van der Waals surface area contributed by atoms with Crippen LogP contribution < -0.4 is 5.32 Å². The molecule has 3 N–H and O–H groups in total. The number of nitrogens with zero attached hydrogens (tertiary/aromatic N) is 4. The summed E-state index contributed by atoms with van der Waals surface area (Å²) in [7, 11) is -4.03. The van der Waals surface area contributed by atoms with Crippen molar-refractivity contribution in [3.63, 3.8) is 0 Å². The van der Waals surface area contributed by atoms with E-state index in [0.29, 0.717) is 11.4 Å². The molecular formula is C26H33ClN5O9P. The zero-order valence-electron chi connectivity index (χ0n) is 23.1. The molecule has 2 aliphatic rings. The van der Waals surface area contributed by atoms with Crippen LogP contribution in [0.1, 0.15) is 57.4 Å². The molecule has 1 aromatic carbocycles. The van der Waals surface area contributed by atoms with Gasteiger partial charge in [0, 0.05) is 11.4 Å². The van der Waals surface area contributed by atoms with Crippen molar-refractivity contribution in [1.29, 1.82) is 0 Å². The number of aliphatic hydroxyl groups is 2. The molecule has 2 aromatic heterocycles. The summed E-state index contributed by atoms with van der Waals surface area (Å²) in [5, 5.41) is 25.3. The SMILES string of the molecule is CCCCCOC(=O)Nc1ncnc2c1ncn2[C@@H]1O[C@H](COP2(=O)OCC[C@@H](c3cccc(Cl)c3)O2)[C@@H](O)[C@@]1(C)O. The number of amides is 1. The van der Waals surface area contributed by atoms with E-state index in [1.165, 1.54) is 24.1 Å². The van der Waals surface area contributed by atoms with Crippen LogP contribution in [-0.2, 0) is 27.6 Å². The first-order valence-corrected chi connectivity index (χ1v) is 15.5. The van der Waals surface area contributed by atoms with Crippen molar-refractivity contribution in [2.45, 2.75) is 69.7 Å². The number of aromatic nitrogens is 4. The summed E-state index contributed by atoms with van der Waals surface area (Å²) in [4.78, 5) is 24.8. The maximum atomic E-state index is 13.3. The normalized spacial score (nSPS) is 29.5. The number of rotatable bonds is 10. The van der Waals surface area contributed by atoms with Crippen LogP contribution in [0, 0.1) is 0 Å². The lowest BCUT2D eigenvalue weighted by Gasteiger charge is -2.30. The van der Waals surface area contributed by atoms with Crippen LogP contribution in [0.15, 0.2) is 36.9 Å². The fraction of sp³-hybridized carbons (Fsp3) is 0.538. The second kappa shape index (κ2) is 12.9. The summed E-state index contributed by atoms with van der Waals surface area (Å²) in [6, 6.07) is 6.99. The molecule has 0 saturated carbocycles. The van der Waals surface area contributed by atoms with E-state index < -0.39 is 50.7 Å². The van der Waals surface area contributed by atoms with E-state index in [0.717, 1.165) is 24.8 Å². The van der Waals surface area contributed by atoms with Crippen LogP contribution in [0.25, 0.3) is 11.2 Å². The molecule has 2 fully saturated rings. The average molecular weight is 626 g/mol. The summed E-state index contributed by atoms with van der Waals surface area (Å²) in [6.45, 7) is 3.41. The van der Waals surface area contributed by atoms with Crippen LogP contribution in [0.3, 0.4) is 0 Å². The summed E-state index contributed by atoms with van der Waals surface area (Å²) < 4.78 is 42.4. The van der Waals surface area contributed by atoms with Gasteiger partial charge in [-0.1, -0.05) is 43.5 Å². The predicted octanol–water partition coefficient (Wildman–Crippen LogP) is 4.53. The Hall–Kier alpha value is -2.68. The maximum absolute atomic E-state index is 13.3. The molecule has 0 radical (unpaired) electrons. The highest BCUT2D eigenvalue weighted by Crippen LogP contribution is 2.57. The molecule has 42 heavy (non-hydrogen) atoms. The Kier molecular flexibility index (Phi) is 9.45. The van der Waals surface area contributed by atoms with E-state index in [9.17, 15) is 19.6 Å². The summed E-state index contributed by atoms with van der Waals surface area (Å²) >= 11 is 6.08. The maximum Gasteiger partial charge on any atom is 0.475 e. The number of imidazole rings is 1. The van der Waals surface area contributed by atoms with Crippen LogP contribution in [0.2, 0.25) is 5.02 Å². The molecule has 1 amide bonds. The largest absolute Gasteiger partial charge is 0.475 e. The van der Waals surface area contributed by atoms with Crippen molar-refractivity contribution in [3.05, 3.63) is 47.5 Å².